The van der Waals surface area contributed by atoms with Crippen molar-refractivity contribution in [2.24, 2.45) is 0 Å². The van der Waals surface area contributed by atoms with Crippen LogP contribution in [0, 0.1) is 10.1 Å². The highest BCUT2D eigenvalue weighted by atomic mass is 16.6. The van der Waals surface area contributed by atoms with Crippen LogP contribution in [0.4, 0.5) is 17.1 Å². The Balaban J connectivity index is 1.56. The zero-order valence-electron chi connectivity index (χ0n) is 15.9. The number of anilines is 2. The zero-order chi connectivity index (χ0) is 21.5. The molecule has 1 aromatic heterocycles. The van der Waals surface area contributed by atoms with Crippen LogP contribution in [-0.2, 0) is 9.59 Å². The second kappa shape index (κ2) is 9.24. The van der Waals surface area contributed by atoms with Gasteiger partial charge in [-0.05, 0) is 42.8 Å². The lowest BCUT2D eigenvalue weighted by atomic mass is 10.2. The summed E-state index contributed by atoms with van der Waals surface area (Å²) in [5, 5.41) is 20.2. The molecule has 10 nitrogen and oxygen atoms in total. The van der Waals surface area contributed by atoms with Crippen molar-refractivity contribution < 1.29 is 14.5 Å². The Bertz CT molecular complexity index is 1080. The van der Waals surface area contributed by atoms with Gasteiger partial charge < -0.3 is 10.6 Å². The van der Waals surface area contributed by atoms with E-state index < -0.39 is 16.9 Å². The summed E-state index contributed by atoms with van der Waals surface area (Å²) in [6, 6.07) is 12.1. The third-order valence-corrected chi connectivity index (χ3v) is 4.14. The number of carbonyl (C=O) groups excluding carboxylic acids is 2. The van der Waals surface area contributed by atoms with Crippen LogP contribution in [-0.4, -0.2) is 31.5 Å². The van der Waals surface area contributed by atoms with Crippen LogP contribution in [0.2, 0.25) is 0 Å². The minimum absolute atomic E-state index is 0.0478. The van der Waals surface area contributed by atoms with E-state index in [4.69, 9.17) is 0 Å². The van der Waals surface area contributed by atoms with Crippen molar-refractivity contribution in [2.75, 3.05) is 10.6 Å². The molecule has 152 valence electrons. The van der Waals surface area contributed by atoms with Crippen LogP contribution < -0.4 is 10.6 Å². The largest absolute Gasteiger partial charge is 0.324 e. The Labute approximate surface area is 171 Å². The van der Waals surface area contributed by atoms with Crippen molar-refractivity contribution in [1.29, 1.82) is 0 Å². The molecule has 0 fully saturated rings. The van der Waals surface area contributed by atoms with E-state index >= 15 is 0 Å². The number of nitro groups is 1. The van der Waals surface area contributed by atoms with E-state index in [0.717, 1.165) is 0 Å². The minimum Gasteiger partial charge on any atom is -0.324 e. The predicted octanol–water partition coefficient (Wildman–Crippen LogP) is 3.04. The molecule has 0 saturated heterocycles. The van der Waals surface area contributed by atoms with Crippen molar-refractivity contribution >= 4 is 35.0 Å². The molecule has 3 aromatic rings. The van der Waals surface area contributed by atoms with Gasteiger partial charge in [0.25, 0.3) is 5.69 Å². The standard InChI is InChI=1S/C20H18N6O4/c1-14(25-13-21-12-22-25)20(28)24-17-8-6-16(7-9-17)23-19(27)10-5-15-3-2-4-18(11-15)26(29)30/h2-14H,1H3,(H,23,27)(H,24,28)/b10-5+. The molecule has 1 unspecified atom stereocenters. The molecule has 0 aliphatic rings. The fourth-order valence-corrected chi connectivity index (χ4v) is 2.52. The number of rotatable bonds is 7. The summed E-state index contributed by atoms with van der Waals surface area (Å²) in [7, 11) is 0. The van der Waals surface area contributed by atoms with E-state index in [1.807, 2.05) is 0 Å². The highest BCUT2D eigenvalue weighted by Crippen LogP contribution is 2.16. The van der Waals surface area contributed by atoms with Crippen LogP contribution in [0.25, 0.3) is 6.08 Å². The van der Waals surface area contributed by atoms with Gasteiger partial charge in [-0.1, -0.05) is 12.1 Å². The zero-order valence-corrected chi connectivity index (χ0v) is 15.9. The van der Waals surface area contributed by atoms with Gasteiger partial charge in [0.15, 0.2) is 0 Å². The highest BCUT2D eigenvalue weighted by molar-refractivity contribution is 6.02. The van der Waals surface area contributed by atoms with Crippen LogP contribution in [0.3, 0.4) is 0 Å². The molecule has 1 heterocycles. The number of nitrogens with zero attached hydrogens (tertiary/aromatic N) is 4. The number of aromatic nitrogens is 3. The van der Waals surface area contributed by atoms with E-state index in [1.165, 1.54) is 41.6 Å². The Kier molecular flexibility index (Phi) is 6.28. The molecule has 2 aromatic carbocycles. The molecular weight excluding hydrogens is 388 g/mol. The lowest BCUT2D eigenvalue weighted by Gasteiger charge is -2.12. The molecular formula is C20H18N6O4. The van der Waals surface area contributed by atoms with Gasteiger partial charge in [0.05, 0.1) is 4.92 Å². The van der Waals surface area contributed by atoms with Crippen LogP contribution in [0.5, 0.6) is 0 Å². The van der Waals surface area contributed by atoms with Crippen LogP contribution in [0.15, 0.2) is 67.3 Å². The first-order chi connectivity index (χ1) is 14.4. The number of benzene rings is 2. The molecule has 0 saturated carbocycles. The Morgan fingerprint density at radius 1 is 1.13 bits per heavy atom. The molecule has 0 aliphatic carbocycles. The molecule has 0 bridgehead atoms. The van der Waals surface area contributed by atoms with Gasteiger partial charge in [0.2, 0.25) is 11.8 Å². The first-order valence-electron chi connectivity index (χ1n) is 8.91. The lowest BCUT2D eigenvalue weighted by molar-refractivity contribution is -0.384. The molecule has 2 N–H and O–H groups in total. The summed E-state index contributed by atoms with van der Waals surface area (Å²) >= 11 is 0. The van der Waals surface area contributed by atoms with E-state index in [2.05, 4.69) is 20.7 Å². The SMILES string of the molecule is CC(C(=O)Nc1ccc(NC(=O)/C=C/c2cccc([N+](=O)[O-])c2)cc1)n1cncn1. The number of carbonyl (C=O) groups is 2. The molecule has 0 aliphatic heterocycles. The average molecular weight is 406 g/mol. The number of amides is 2. The molecule has 0 spiro atoms. The topological polar surface area (TPSA) is 132 Å². The molecule has 30 heavy (non-hydrogen) atoms. The van der Waals surface area contributed by atoms with Crippen LogP contribution >= 0.6 is 0 Å². The minimum atomic E-state index is -0.522. The molecule has 2 amide bonds. The summed E-state index contributed by atoms with van der Waals surface area (Å²) in [5.74, 6) is -0.643. The summed E-state index contributed by atoms with van der Waals surface area (Å²) < 4.78 is 1.44. The molecule has 0 radical (unpaired) electrons. The molecule has 10 heteroatoms. The Morgan fingerprint density at radius 2 is 1.83 bits per heavy atom. The smallest absolute Gasteiger partial charge is 0.270 e. The maximum atomic E-state index is 12.2. The maximum Gasteiger partial charge on any atom is 0.270 e. The normalized spacial score (nSPS) is 11.8. The van der Waals surface area contributed by atoms with Crippen molar-refractivity contribution in [3.05, 3.63) is 82.9 Å². The second-order valence-corrected chi connectivity index (χ2v) is 6.29. The van der Waals surface area contributed by atoms with E-state index in [1.54, 1.807) is 43.3 Å². The third-order valence-electron chi connectivity index (χ3n) is 4.14. The van der Waals surface area contributed by atoms with Gasteiger partial charge >= 0.3 is 0 Å². The van der Waals surface area contributed by atoms with E-state index in [9.17, 15) is 19.7 Å². The average Bonchev–Trinajstić information content (AvgIpc) is 3.28. The van der Waals surface area contributed by atoms with Gasteiger partial charge in [-0.25, -0.2) is 9.67 Å². The molecule has 3 rings (SSSR count). The van der Waals surface area contributed by atoms with Crippen LogP contribution in [0.1, 0.15) is 18.5 Å². The first-order valence-corrected chi connectivity index (χ1v) is 8.91. The van der Waals surface area contributed by atoms with Crippen molar-refractivity contribution in [2.45, 2.75) is 13.0 Å². The van der Waals surface area contributed by atoms with Gasteiger partial charge in [0, 0.05) is 29.6 Å². The summed E-state index contributed by atoms with van der Waals surface area (Å²) in [6.45, 7) is 1.70. The van der Waals surface area contributed by atoms with Gasteiger partial charge in [0.1, 0.15) is 18.7 Å². The number of nitrogens with one attached hydrogen (secondary N) is 2. The fourth-order valence-electron chi connectivity index (χ4n) is 2.52. The summed E-state index contributed by atoms with van der Waals surface area (Å²) in [6.07, 6.45) is 5.59. The summed E-state index contributed by atoms with van der Waals surface area (Å²) in [5.41, 5.74) is 1.59. The monoisotopic (exact) mass is 406 g/mol. The number of hydrogen-bond donors (Lipinski definition) is 2. The van der Waals surface area contributed by atoms with Crippen molar-refractivity contribution in [3.8, 4) is 0 Å². The second-order valence-electron chi connectivity index (χ2n) is 6.29. The maximum absolute atomic E-state index is 12.2. The highest BCUT2D eigenvalue weighted by Gasteiger charge is 2.15. The van der Waals surface area contributed by atoms with Gasteiger partial charge in [-0.2, -0.15) is 5.10 Å². The van der Waals surface area contributed by atoms with Gasteiger partial charge in [-0.3, -0.25) is 19.7 Å². The lowest BCUT2D eigenvalue weighted by Crippen LogP contribution is -2.24. The number of hydrogen-bond acceptors (Lipinski definition) is 6. The first kappa shape index (κ1) is 20.4. The van der Waals surface area contributed by atoms with Crippen molar-refractivity contribution in [1.82, 2.24) is 14.8 Å². The number of nitro benzene ring substituents is 1. The van der Waals surface area contributed by atoms with E-state index in [-0.39, 0.29) is 11.6 Å². The predicted molar refractivity (Wildman–Crippen MR) is 111 cm³/mol. The summed E-state index contributed by atoms with van der Waals surface area (Å²) in [4.78, 5) is 38.4. The Hall–Kier alpha value is -4.34. The third kappa shape index (κ3) is 5.35. The molecule has 1 atom stereocenters. The van der Waals surface area contributed by atoms with Gasteiger partial charge in [-0.15, -0.1) is 0 Å². The quantitative estimate of drug-likeness (QED) is 0.352. The number of non-ortho nitro benzene ring substituents is 1. The Morgan fingerprint density at radius 3 is 2.47 bits per heavy atom. The fraction of sp³-hybridized carbons (Fsp3) is 0.100. The van der Waals surface area contributed by atoms with E-state index in [0.29, 0.717) is 16.9 Å². The van der Waals surface area contributed by atoms with Crippen molar-refractivity contribution in [3.63, 3.8) is 0 Å².